The molecule has 0 fully saturated rings. The van der Waals surface area contributed by atoms with Crippen molar-refractivity contribution < 1.29 is 4.39 Å². The van der Waals surface area contributed by atoms with Crippen molar-refractivity contribution in [3.8, 4) is 0 Å². The molecule has 0 aliphatic heterocycles. The van der Waals surface area contributed by atoms with Crippen molar-refractivity contribution >= 4 is 0 Å². The SMILES string of the molecule is FC1=C(C2=CC=CC2)CC=C1. The Morgan fingerprint density at radius 1 is 1.18 bits per heavy atom. The van der Waals surface area contributed by atoms with E-state index < -0.39 is 0 Å². The summed E-state index contributed by atoms with van der Waals surface area (Å²) in [6.07, 6.45) is 11.1. The molecule has 0 aromatic rings. The Morgan fingerprint density at radius 2 is 2.09 bits per heavy atom. The van der Waals surface area contributed by atoms with Gasteiger partial charge in [0.25, 0.3) is 0 Å². The van der Waals surface area contributed by atoms with Crippen molar-refractivity contribution in [1.82, 2.24) is 0 Å². The third-order valence-corrected chi connectivity index (χ3v) is 2.03. The molecule has 0 spiro atoms. The van der Waals surface area contributed by atoms with Gasteiger partial charge in [0.2, 0.25) is 0 Å². The van der Waals surface area contributed by atoms with Crippen molar-refractivity contribution in [3.63, 3.8) is 0 Å². The first-order valence-electron chi connectivity index (χ1n) is 3.79. The Morgan fingerprint density at radius 3 is 2.64 bits per heavy atom. The molecule has 0 atom stereocenters. The summed E-state index contributed by atoms with van der Waals surface area (Å²) in [5.74, 6) is -0.0556. The van der Waals surface area contributed by atoms with E-state index in [4.69, 9.17) is 0 Å². The molecular formula is C10H9F. The first-order chi connectivity index (χ1) is 5.38. The van der Waals surface area contributed by atoms with Gasteiger partial charge in [-0.15, -0.1) is 0 Å². The van der Waals surface area contributed by atoms with Crippen LogP contribution in [-0.4, -0.2) is 0 Å². The maximum absolute atomic E-state index is 13.0. The molecule has 0 nitrogen and oxygen atoms in total. The standard InChI is InChI=1S/C10H9F/c11-10-7-3-6-9(10)8-4-1-2-5-8/h1-4,7H,5-6H2. The van der Waals surface area contributed by atoms with Gasteiger partial charge in [-0.3, -0.25) is 0 Å². The fourth-order valence-electron chi connectivity index (χ4n) is 1.43. The largest absolute Gasteiger partial charge is 0.207 e. The summed E-state index contributed by atoms with van der Waals surface area (Å²) in [6.45, 7) is 0. The number of allylic oxidation sites excluding steroid dienone is 8. The summed E-state index contributed by atoms with van der Waals surface area (Å²) in [5.41, 5.74) is 2.00. The third kappa shape index (κ3) is 1.07. The monoisotopic (exact) mass is 148 g/mol. The van der Waals surface area contributed by atoms with Crippen molar-refractivity contribution in [2.75, 3.05) is 0 Å². The van der Waals surface area contributed by atoms with Crippen LogP contribution in [0.2, 0.25) is 0 Å². The molecule has 11 heavy (non-hydrogen) atoms. The van der Waals surface area contributed by atoms with E-state index in [1.165, 1.54) is 0 Å². The lowest BCUT2D eigenvalue weighted by Crippen LogP contribution is -1.84. The number of hydrogen-bond donors (Lipinski definition) is 0. The Kier molecular flexibility index (Phi) is 1.50. The van der Waals surface area contributed by atoms with Gasteiger partial charge in [-0.2, -0.15) is 0 Å². The van der Waals surface area contributed by atoms with E-state index in [0.717, 1.165) is 24.0 Å². The molecule has 2 rings (SSSR count). The average Bonchev–Trinajstić information content (AvgIpc) is 2.55. The average molecular weight is 148 g/mol. The van der Waals surface area contributed by atoms with E-state index in [1.54, 1.807) is 6.08 Å². The van der Waals surface area contributed by atoms with Gasteiger partial charge in [0.15, 0.2) is 0 Å². The van der Waals surface area contributed by atoms with Crippen LogP contribution < -0.4 is 0 Å². The molecule has 0 radical (unpaired) electrons. The molecule has 0 N–H and O–H groups in total. The fourth-order valence-corrected chi connectivity index (χ4v) is 1.43. The molecule has 0 saturated heterocycles. The highest BCUT2D eigenvalue weighted by atomic mass is 19.1. The smallest absolute Gasteiger partial charge is 0.126 e. The molecule has 1 heteroatoms. The van der Waals surface area contributed by atoms with Crippen molar-refractivity contribution in [3.05, 3.63) is 47.4 Å². The van der Waals surface area contributed by atoms with Gasteiger partial charge in [0.1, 0.15) is 5.83 Å². The molecule has 0 amide bonds. The van der Waals surface area contributed by atoms with Gasteiger partial charge >= 0.3 is 0 Å². The maximum Gasteiger partial charge on any atom is 0.126 e. The minimum Gasteiger partial charge on any atom is -0.207 e. The van der Waals surface area contributed by atoms with E-state index in [1.807, 2.05) is 24.3 Å². The predicted octanol–water partition coefficient (Wildman–Crippen LogP) is 3.06. The molecule has 0 unspecified atom stereocenters. The van der Waals surface area contributed by atoms with Crippen LogP contribution in [0.1, 0.15) is 12.8 Å². The molecule has 56 valence electrons. The van der Waals surface area contributed by atoms with Crippen molar-refractivity contribution in [2.45, 2.75) is 12.8 Å². The molecule has 0 bridgehead atoms. The molecule has 0 aromatic carbocycles. The predicted molar refractivity (Wildman–Crippen MR) is 43.7 cm³/mol. The second kappa shape index (κ2) is 2.50. The Bertz CT molecular complexity index is 290. The molecule has 2 aliphatic rings. The second-order valence-corrected chi connectivity index (χ2v) is 2.76. The zero-order chi connectivity index (χ0) is 7.68. The van der Waals surface area contributed by atoms with Gasteiger partial charge in [-0.1, -0.05) is 24.3 Å². The number of halogens is 1. The van der Waals surface area contributed by atoms with E-state index in [9.17, 15) is 4.39 Å². The molecule has 0 heterocycles. The third-order valence-electron chi connectivity index (χ3n) is 2.03. The van der Waals surface area contributed by atoms with Gasteiger partial charge < -0.3 is 0 Å². The summed E-state index contributed by atoms with van der Waals surface area (Å²) in [5, 5.41) is 0. The van der Waals surface area contributed by atoms with Crippen LogP contribution >= 0.6 is 0 Å². The summed E-state index contributed by atoms with van der Waals surface area (Å²) >= 11 is 0. The number of hydrogen-bond acceptors (Lipinski definition) is 0. The summed E-state index contributed by atoms with van der Waals surface area (Å²) < 4.78 is 13.0. The van der Waals surface area contributed by atoms with Gasteiger partial charge in [0.05, 0.1) is 0 Å². The van der Waals surface area contributed by atoms with Gasteiger partial charge in [-0.05, 0) is 30.1 Å². The second-order valence-electron chi connectivity index (χ2n) is 2.76. The topological polar surface area (TPSA) is 0 Å². The summed E-state index contributed by atoms with van der Waals surface area (Å²) in [7, 11) is 0. The van der Waals surface area contributed by atoms with Crippen molar-refractivity contribution in [2.24, 2.45) is 0 Å². The van der Waals surface area contributed by atoms with Crippen LogP contribution in [-0.2, 0) is 0 Å². The first kappa shape index (κ1) is 6.59. The van der Waals surface area contributed by atoms with E-state index >= 15 is 0 Å². The lowest BCUT2D eigenvalue weighted by molar-refractivity contribution is 0.659. The van der Waals surface area contributed by atoms with Crippen LogP contribution in [0.5, 0.6) is 0 Å². The van der Waals surface area contributed by atoms with Crippen LogP contribution in [0.3, 0.4) is 0 Å². The fraction of sp³-hybridized carbons (Fsp3) is 0.200. The molecule has 0 aromatic heterocycles. The normalized spacial score (nSPS) is 21.7. The highest BCUT2D eigenvalue weighted by Gasteiger charge is 2.13. The maximum atomic E-state index is 13.0. The molecular weight excluding hydrogens is 139 g/mol. The summed E-state index contributed by atoms with van der Waals surface area (Å²) in [6, 6.07) is 0. The number of rotatable bonds is 1. The minimum absolute atomic E-state index is 0.0556. The van der Waals surface area contributed by atoms with Gasteiger partial charge in [-0.25, -0.2) is 4.39 Å². The summed E-state index contributed by atoms with van der Waals surface area (Å²) in [4.78, 5) is 0. The quantitative estimate of drug-likeness (QED) is 0.536. The van der Waals surface area contributed by atoms with Gasteiger partial charge in [0, 0.05) is 0 Å². The van der Waals surface area contributed by atoms with Crippen LogP contribution in [0.4, 0.5) is 4.39 Å². The molecule has 2 aliphatic carbocycles. The van der Waals surface area contributed by atoms with E-state index in [2.05, 4.69) is 0 Å². The lowest BCUT2D eigenvalue weighted by atomic mass is 10.0. The molecule has 0 saturated carbocycles. The Balaban J connectivity index is 2.25. The van der Waals surface area contributed by atoms with E-state index in [0.29, 0.717) is 0 Å². The zero-order valence-corrected chi connectivity index (χ0v) is 6.18. The Labute approximate surface area is 65.4 Å². The van der Waals surface area contributed by atoms with Crippen molar-refractivity contribution in [1.29, 1.82) is 0 Å². The Hall–Kier alpha value is -1.11. The highest BCUT2D eigenvalue weighted by Crippen LogP contribution is 2.30. The van der Waals surface area contributed by atoms with Crippen LogP contribution in [0.25, 0.3) is 0 Å². The van der Waals surface area contributed by atoms with E-state index in [-0.39, 0.29) is 5.83 Å². The van der Waals surface area contributed by atoms with Crippen LogP contribution in [0, 0.1) is 0 Å². The zero-order valence-electron chi connectivity index (χ0n) is 6.18. The lowest BCUT2D eigenvalue weighted by Gasteiger charge is -2.01. The minimum atomic E-state index is -0.0556. The first-order valence-corrected chi connectivity index (χ1v) is 3.79. The highest BCUT2D eigenvalue weighted by molar-refractivity contribution is 5.47. The van der Waals surface area contributed by atoms with Crippen LogP contribution in [0.15, 0.2) is 47.4 Å².